The zero-order chi connectivity index (χ0) is 15.9. The molecule has 2 nitrogen and oxygen atoms in total. The highest BCUT2D eigenvalue weighted by Gasteiger charge is 2.19. The van der Waals surface area contributed by atoms with Crippen molar-refractivity contribution >= 4 is 5.69 Å². The van der Waals surface area contributed by atoms with Crippen molar-refractivity contribution in [3.8, 4) is 0 Å². The first kappa shape index (κ1) is 21.5. The van der Waals surface area contributed by atoms with Gasteiger partial charge in [0.25, 0.3) is 0 Å². The van der Waals surface area contributed by atoms with Gasteiger partial charge >= 0.3 is 0 Å². The van der Waals surface area contributed by atoms with Crippen molar-refractivity contribution in [3.63, 3.8) is 0 Å². The maximum atomic E-state index is 2.43. The van der Waals surface area contributed by atoms with Crippen LogP contribution >= 0.6 is 0 Å². The number of anilines is 1. The summed E-state index contributed by atoms with van der Waals surface area (Å²) in [4.78, 5) is 2.43. The number of rotatable bonds is 9. The molecule has 128 valence electrons. The van der Waals surface area contributed by atoms with Crippen LogP contribution in [0.1, 0.15) is 44.7 Å². The molecule has 0 aliphatic rings. The van der Waals surface area contributed by atoms with Gasteiger partial charge < -0.3 is 26.4 Å². The second kappa shape index (κ2) is 10.3. The number of aryl methyl sites for hydroxylation is 2. The highest BCUT2D eigenvalue weighted by Crippen LogP contribution is 2.23. The minimum absolute atomic E-state index is 0. The van der Waals surface area contributed by atoms with Crippen LogP contribution in [0.2, 0.25) is 0 Å². The van der Waals surface area contributed by atoms with Crippen molar-refractivity contribution < 1.29 is 21.5 Å². The Morgan fingerprint density at radius 3 is 1.86 bits per heavy atom. The molecule has 0 aliphatic heterocycles. The third-order valence-electron chi connectivity index (χ3n) is 5.21. The van der Waals surface area contributed by atoms with Gasteiger partial charge in [0.05, 0.1) is 26.2 Å². The van der Waals surface area contributed by atoms with Gasteiger partial charge in [0.1, 0.15) is 0 Å². The number of unbranched alkanes of at least 4 members (excludes halogenated alkanes) is 1. The number of benzene rings is 1. The highest BCUT2D eigenvalue weighted by atomic mass is 79.9. The summed E-state index contributed by atoms with van der Waals surface area (Å²) in [6, 6.07) is 6.58. The van der Waals surface area contributed by atoms with Gasteiger partial charge in [-0.05, 0) is 58.6 Å². The van der Waals surface area contributed by atoms with Crippen LogP contribution in [0.5, 0.6) is 0 Å². The fraction of sp³-hybridized carbons (Fsp3) is 0.684. The van der Waals surface area contributed by atoms with Crippen molar-refractivity contribution in [2.24, 2.45) is 0 Å². The van der Waals surface area contributed by atoms with E-state index in [4.69, 9.17) is 0 Å². The Balaban J connectivity index is 0.00000441. The van der Waals surface area contributed by atoms with Crippen LogP contribution in [0.15, 0.2) is 18.2 Å². The largest absolute Gasteiger partial charge is 1.00 e. The van der Waals surface area contributed by atoms with Crippen LogP contribution in [0, 0.1) is 13.8 Å². The monoisotopic (exact) mass is 370 g/mol. The van der Waals surface area contributed by atoms with E-state index in [1.807, 2.05) is 0 Å². The quantitative estimate of drug-likeness (QED) is 0.469. The van der Waals surface area contributed by atoms with Crippen LogP contribution in [-0.2, 0) is 0 Å². The molecule has 0 aromatic heterocycles. The van der Waals surface area contributed by atoms with Gasteiger partial charge in [-0.3, -0.25) is 0 Å². The SMILES string of the molecule is CC[N+](CC)(CC)CCCCN(C)c1c(C)cccc1C.[Br-]. The minimum Gasteiger partial charge on any atom is -1.00 e. The number of hydrogen-bond donors (Lipinski definition) is 0. The molecular formula is C19H35BrN2. The van der Waals surface area contributed by atoms with Crippen LogP contribution in [0.25, 0.3) is 0 Å². The normalized spacial score (nSPS) is 11.2. The van der Waals surface area contributed by atoms with Crippen molar-refractivity contribution in [2.75, 3.05) is 44.7 Å². The maximum Gasteiger partial charge on any atom is 0.0787 e. The number of nitrogens with zero attached hydrogens (tertiary/aromatic N) is 2. The van der Waals surface area contributed by atoms with Gasteiger partial charge in [0, 0.05) is 19.3 Å². The highest BCUT2D eigenvalue weighted by molar-refractivity contribution is 5.58. The molecule has 0 aliphatic carbocycles. The lowest BCUT2D eigenvalue weighted by Gasteiger charge is -2.36. The fourth-order valence-corrected chi connectivity index (χ4v) is 3.46. The molecule has 0 N–H and O–H groups in total. The van der Waals surface area contributed by atoms with Crippen molar-refractivity contribution in [1.29, 1.82) is 0 Å². The van der Waals surface area contributed by atoms with Gasteiger partial charge in [-0.15, -0.1) is 0 Å². The van der Waals surface area contributed by atoms with E-state index < -0.39 is 0 Å². The van der Waals surface area contributed by atoms with Crippen LogP contribution in [0.3, 0.4) is 0 Å². The Hall–Kier alpha value is -0.540. The van der Waals surface area contributed by atoms with E-state index in [1.54, 1.807) is 0 Å². The van der Waals surface area contributed by atoms with Crippen molar-refractivity contribution in [2.45, 2.75) is 47.5 Å². The second-order valence-electron chi connectivity index (χ2n) is 6.38. The van der Waals surface area contributed by atoms with E-state index in [-0.39, 0.29) is 17.0 Å². The Morgan fingerprint density at radius 2 is 1.41 bits per heavy atom. The summed E-state index contributed by atoms with van der Waals surface area (Å²) < 4.78 is 1.27. The molecule has 22 heavy (non-hydrogen) atoms. The molecule has 1 rings (SSSR count). The van der Waals surface area contributed by atoms with Crippen LogP contribution in [0.4, 0.5) is 5.69 Å². The summed E-state index contributed by atoms with van der Waals surface area (Å²) in [5.74, 6) is 0. The maximum absolute atomic E-state index is 2.43. The van der Waals surface area contributed by atoms with Crippen LogP contribution < -0.4 is 21.9 Å². The number of quaternary nitrogens is 1. The number of para-hydroxylation sites is 1. The van der Waals surface area contributed by atoms with Crippen LogP contribution in [-0.4, -0.2) is 44.3 Å². The summed E-state index contributed by atoms with van der Waals surface area (Å²) >= 11 is 0. The van der Waals surface area contributed by atoms with Gasteiger partial charge in [-0.2, -0.15) is 0 Å². The number of hydrogen-bond acceptors (Lipinski definition) is 1. The van der Waals surface area contributed by atoms with E-state index in [0.717, 1.165) is 6.54 Å². The van der Waals surface area contributed by atoms with Gasteiger partial charge in [-0.1, -0.05) is 18.2 Å². The molecule has 0 atom stereocenters. The lowest BCUT2D eigenvalue weighted by atomic mass is 10.1. The molecule has 0 bridgehead atoms. The first-order valence-corrected chi connectivity index (χ1v) is 8.62. The first-order chi connectivity index (χ1) is 9.99. The average Bonchev–Trinajstić information content (AvgIpc) is 2.48. The molecule has 0 unspecified atom stereocenters. The second-order valence-corrected chi connectivity index (χ2v) is 6.38. The van der Waals surface area contributed by atoms with E-state index in [0.29, 0.717) is 0 Å². The summed E-state index contributed by atoms with van der Waals surface area (Å²) in [6.07, 6.45) is 2.61. The van der Waals surface area contributed by atoms with Gasteiger partial charge in [0.15, 0.2) is 0 Å². The topological polar surface area (TPSA) is 3.24 Å². The zero-order valence-electron chi connectivity index (χ0n) is 15.5. The Labute approximate surface area is 148 Å². The molecule has 0 amide bonds. The molecule has 0 radical (unpaired) electrons. The molecule has 0 heterocycles. The molecule has 0 saturated heterocycles. The third-order valence-corrected chi connectivity index (χ3v) is 5.21. The summed E-state index contributed by atoms with van der Waals surface area (Å²) in [5.41, 5.74) is 4.19. The molecule has 3 heteroatoms. The summed E-state index contributed by atoms with van der Waals surface area (Å²) in [6.45, 7) is 17.7. The molecule has 1 aromatic rings. The van der Waals surface area contributed by atoms with Crippen molar-refractivity contribution in [3.05, 3.63) is 29.3 Å². The molecule has 0 saturated carbocycles. The Kier molecular flexibility index (Phi) is 10.0. The third kappa shape index (κ3) is 5.58. The molecular weight excluding hydrogens is 336 g/mol. The molecule has 0 fully saturated rings. The Bertz CT molecular complexity index is 399. The lowest BCUT2D eigenvalue weighted by Crippen LogP contribution is -3.00. The molecule has 0 spiro atoms. The van der Waals surface area contributed by atoms with Crippen molar-refractivity contribution in [1.82, 2.24) is 0 Å². The Morgan fingerprint density at radius 1 is 0.909 bits per heavy atom. The van der Waals surface area contributed by atoms with Gasteiger partial charge in [-0.25, -0.2) is 0 Å². The first-order valence-electron chi connectivity index (χ1n) is 8.62. The fourth-order valence-electron chi connectivity index (χ4n) is 3.46. The lowest BCUT2D eigenvalue weighted by molar-refractivity contribution is -0.923. The summed E-state index contributed by atoms with van der Waals surface area (Å²) in [7, 11) is 2.23. The smallest absolute Gasteiger partial charge is 0.0787 e. The standard InChI is InChI=1S/C19H35N2.BrH/c1-7-21(8-2,9-3)16-11-10-15-20(6)19-17(4)13-12-14-18(19)5;/h12-14H,7-11,15-16H2,1-6H3;1H/q+1;/p-1. The summed E-state index contributed by atoms with van der Waals surface area (Å²) in [5, 5.41) is 0. The predicted molar refractivity (Wildman–Crippen MR) is 95.2 cm³/mol. The van der Waals surface area contributed by atoms with E-state index in [1.165, 1.54) is 60.3 Å². The minimum atomic E-state index is 0. The molecule has 1 aromatic carbocycles. The average molecular weight is 371 g/mol. The zero-order valence-corrected chi connectivity index (χ0v) is 17.0. The van der Waals surface area contributed by atoms with E-state index >= 15 is 0 Å². The van der Waals surface area contributed by atoms with E-state index in [2.05, 4.69) is 64.8 Å². The van der Waals surface area contributed by atoms with Gasteiger partial charge in [0.2, 0.25) is 0 Å². The predicted octanol–water partition coefficient (Wildman–Crippen LogP) is 1.40. The van der Waals surface area contributed by atoms with E-state index in [9.17, 15) is 0 Å². The number of halogens is 1.